The van der Waals surface area contributed by atoms with Gasteiger partial charge in [0.25, 0.3) is 17.4 Å². The fraction of sp³-hybridized carbons (Fsp3) is 0.548. The van der Waals surface area contributed by atoms with Gasteiger partial charge in [0.1, 0.15) is 29.3 Å². The summed E-state index contributed by atoms with van der Waals surface area (Å²) in [5.74, 6) is -2.22. The molecule has 2 aliphatic heterocycles. The molecule has 0 radical (unpaired) electrons. The molecule has 3 heterocycles. The highest BCUT2D eigenvalue weighted by Gasteiger charge is 2.67. The highest BCUT2D eigenvalue weighted by molar-refractivity contribution is 6.30. The zero-order chi connectivity index (χ0) is 31.0. The number of hydrogen-bond donors (Lipinski definition) is 2. The number of amides is 2. The number of hydrogen-bond acceptors (Lipinski definition) is 7. The van der Waals surface area contributed by atoms with E-state index in [1.165, 1.54) is 27.7 Å². The average Bonchev–Trinajstić information content (AvgIpc) is 3.59. The zero-order valence-electron chi connectivity index (χ0n) is 24.8. The molecular weight excluding hydrogens is 614 g/mol. The maximum atomic E-state index is 14.3. The summed E-state index contributed by atoms with van der Waals surface area (Å²) < 4.78 is 20.8. The molecule has 6 rings (SSSR count). The van der Waals surface area contributed by atoms with Crippen LogP contribution in [-0.2, 0) is 28.2 Å². The van der Waals surface area contributed by atoms with E-state index in [2.05, 4.69) is 0 Å². The van der Waals surface area contributed by atoms with E-state index in [1.807, 2.05) is 13.8 Å². The number of nitrogens with two attached hydrogens (primary N) is 1. The van der Waals surface area contributed by atoms with Crippen molar-refractivity contribution in [3.63, 3.8) is 0 Å². The Morgan fingerprint density at radius 2 is 1.95 bits per heavy atom. The lowest BCUT2D eigenvalue weighted by molar-refractivity contribution is -0.151. The first-order valence-corrected chi connectivity index (χ1v) is 15.3. The molecule has 3 N–H and O–H groups in total. The van der Waals surface area contributed by atoms with Gasteiger partial charge in [0, 0.05) is 24.6 Å². The van der Waals surface area contributed by atoms with E-state index in [0.717, 1.165) is 12.8 Å². The first-order chi connectivity index (χ1) is 20.3. The molecule has 10 nitrogen and oxygen atoms in total. The number of carbonyl (C=O) groups is 3. The van der Waals surface area contributed by atoms with Crippen LogP contribution in [0.1, 0.15) is 78.4 Å². The van der Waals surface area contributed by atoms with Gasteiger partial charge in [-0.3, -0.25) is 23.7 Å². The van der Waals surface area contributed by atoms with Crippen LogP contribution in [0.2, 0.25) is 5.02 Å². The second-order valence-corrected chi connectivity index (χ2v) is 13.2. The van der Waals surface area contributed by atoms with Gasteiger partial charge in [-0.15, -0.1) is 12.4 Å². The molecule has 0 saturated heterocycles. The van der Waals surface area contributed by atoms with Crippen LogP contribution in [0, 0.1) is 23.6 Å². The molecule has 1 spiro atoms. The summed E-state index contributed by atoms with van der Waals surface area (Å²) in [6.45, 7) is 5.98. The van der Waals surface area contributed by atoms with E-state index < -0.39 is 52.7 Å². The first kappa shape index (κ1) is 32.2. The molecule has 2 fully saturated rings. The number of fused-ring (bicyclic) bond motifs is 6. The van der Waals surface area contributed by atoms with Crippen LogP contribution in [0.15, 0.2) is 23.0 Å². The molecule has 1 aromatic heterocycles. The Balaban J connectivity index is 0.00000384. The van der Waals surface area contributed by atoms with E-state index in [-0.39, 0.29) is 66.6 Å². The number of halogens is 3. The molecule has 2 amide bonds. The molecule has 4 aliphatic rings. The number of aromatic nitrogens is 1. The van der Waals surface area contributed by atoms with E-state index in [9.17, 15) is 28.7 Å². The number of esters is 1. The molecule has 2 aromatic rings. The third-order valence-corrected chi connectivity index (χ3v) is 9.72. The monoisotopic (exact) mass is 650 g/mol. The highest BCUT2D eigenvalue weighted by Crippen LogP contribution is 2.64. The minimum absolute atomic E-state index is 0. The molecule has 0 bridgehead atoms. The lowest BCUT2D eigenvalue weighted by Gasteiger charge is -2.39. The van der Waals surface area contributed by atoms with Gasteiger partial charge < -0.3 is 25.4 Å². The number of ether oxygens (including phenoxy) is 1. The molecule has 44 heavy (non-hydrogen) atoms. The van der Waals surface area contributed by atoms with Crippen molar-refractivity contribution in [2.24, 2.45) is 23.5 Å². The van der Waals surface area contributed by atoms with Gasteiger partial charge in [-0.1, -0.05) is 31.5 Å². The summed E-state index contributed by atoms with van der Waals surface area (Å²) >= 11 is 5.92. The van der Waals surface area contributed by atoms with Crippen LogP contribution in [0.4, 0.5) is 4.39 Å². The number of rotatable bonds is 8. The van der Waals surface area contributed by atoms with E-state index in [1.54, 1.807) is 11.8 Å². The van der Waals surface area contributed by atoms with E-state index >= 15 is 0 Å². The summed E-state index contributed by atoms with van der Waals surface area (Å²) in [7, 11) is 0. The summed E-state index contributed by atoms with van der Waals surface area (Å²) in [4.78, 5) is 57.6. The molecular formula is C31H37Cl2FN4O6. The fourth-order valence-electron chi connectivity index (χ4n) is 7.47. The first-order valence-electron chi connectivity index (χ1n) is 14.9. The molecule has 0 unspecified atom stereocenters. The molecule has 238 valence electrons. The minimum Gasteiger partial charge on any atom is -0.502 e. The molecule has 5 atom stereocenters. The van der Waals surface area contributed by atoms with Crippen molar-refractivity contribution in [2.45, 2.75) is 77.2 Å². The van der Waals surface area contributed by atoms with Gasteiger partial charge in [0.2, 0.25) is 0 Å². The Kier molecular flexibility index (Phi) is 8.54. The maximum Gasteiger partial charge on any atom is 0.323 e. The van der Waals surface area contributed by atoms with Gasteiger partial charge in [-0.05, 0) is 68.6 Å². The maximum absolute atomic E-state index is 14.3. The van der Waals surface area contributed by atoms with Crippen LogP contribution in [0.25, 0.3) is 0 Å². The average molecular weight is 652 g/mol. The van der Waals surface area contributed by atoms with Crippen LogP contribution in [0.5, 0.6) is 5.75 Å². The summed E-state index contributed by atoms with van der Waals surface area (Å²) in [5.41, 5.74) is 5.13. The SMILES string of the molecule is CC(C)C[C@H](N)C(=O)O[C@@H](C)CN1C(=O)c2c3c(c(O)c(=O)n2[C@@]12CC[C@H]1C[C@H]12)C(=O)N(Cc1ccc(F)c(Cl)c1)CC3.Cl. The number of nitrogens with zero attached hydrogens (tertiary/aromatic N) is 3. The van der Waals surface area contributed by atoms with Gasteiger partial charge in [0.05, 0.1) is 17.1 Å². The number of carbonyl (C=O) groups excluding carboxylic acids is 3. The second kappa shape index (κ2) is 11.7. The van der Waals surface area contributed by atoms with Crippen molar-refractivity contribution < 1.29 is 28.6 Å². The van der Waals surface area contributed by atoms with Crippen molar-refractivity contribution in [3.05, 3.63) is 61.8 Å². The van der Waals surface area contributed by atoms with Gasteiger partial charge in [-0.25, -0.2) is 4.39 Å². The largest absolute Gasteiger partial charge is 0.502 e. The molecule has 1 aromatic carbocycles. The van der Waals surface area contributed by atoms with Crippen LogP contribution in [0.3, 0.4) is 0 Å². The zero-order valence-corrected chi connectivity index (χ0v) is 26.4. The van der Waals surface area contributed by atoms with Crippen molar-refractivity contribution >= 4 is 41.8 Å². The lowest BCUT2D eigenvalue weighted by Crippen LogP contribution is -2.53. The predicted octanol–water partition coefficient (Wildman–Crippen LogP) is 3.81. The third kappa shape index (κ3) is 5.06. The lowest BCUT2D eigenvalue weighted by atomic mass is 9.95. The van der Waals surface area contributed by atoms with E-state index in [4.69, 9.17) is 22.1 Å². The highest BCUT2D eigenvalue weighted by atomic mass is 35.5. The van der Waals surface area contributed by atoms with Crippen LogP contribution in [-0.4, -0.2) is 62.5 Å². The van der Waals surface area contributed by atoms with Crippen molar-refractivity contribution in [1.29, 1.82) is 0 Å². The van der Waals surface area contributed by atoms with Crippen LogP contribution >= 0.6 is 24.0 Å². The standard InChI is InChI=1S/C31H36ClFN4O6.ClH/c1-15(2)10-23(34)30(42)43-16(3)13-36-28(40)25-19-7-9-35(14-17-4-5-22(33)21(32)11-17)27(39)24(19)26(38)29(41)37(25)31(36)8-6-18-12-20(18)31;/h4-5,11,15-16,18,20,23,38H,6-10,12-14,34H2,1-3H3;1H/t16-,18-,20+,23-,31+;/m0./s1. The Bertz CT molecular complexity index is 1600. The summed E-state index contributed by atoms with van der Waals surface area (Å²) in [6.07, 6.45) is 2.19. The molecule has 2 aliphatic carbocycles. The van der Waals surface area contributed by atoms with Crippen molar-refractivity contribution in [3.8, 4) is 5.75 Å². The predicted molar refractivity (Wildman–Crippen MR) is 162 cm³/mol. The summed E-state index contributed by atoms with van der Waals surface area (Å²) in [5, 5.41) is 11.2. The van der Waals surface area contributed by atoms with Crippen LogP contribution < -0.4 is 11.3 Å². The third-order valence-electron chi connectivity index (χ3n) is 9.43. The Morgan fingerprint density at radius 1 is 1.23 bits per heavy atom. The van der Waals surface area contributed by atoms with Gasteiger partial charge in [0.15, 0.2) is 5.75 Å². The molecule has 2 saturated carbocycles. The second-order valence-electron chi connectivity index (χ2n) is 12.8. The Hall–Kier alpha value is -3.15. The fourth-order valence-corrected chi connectivity index (χ4v) is 7.68. The van der Waals surface area contributed by atoms with Gasteiger partial charge in [-0.2, -0.15) is 0 Å². The van der Waals surface area contributed by atoms with E-state index in [0.29, 0.717) is 29.9 Å². The number of pyridine rings is 1. The molecule has 13 heteroatoms. The topological polar surface area (TPSA) is 135 Å². The number of aromatic hydroxyl groups is 1. The number of benzene rings is 1. The van der Waals surface area contributed by atoms with Crippen molar-refractivity contribution in [1.82, 2.24) is 14.4 Å². The quantitative estimate of drug-likeness (QED) is 0.415. The Morgan fingerprint density at radius 3 is 2.57 bits per heavy atom. The normalized spacial score (nSPS) is 24.6. The van der Waals surface area contributed by atoms with Gasteiger partial charge >= 0.3 is 5.97 Å². The minimum atomic E-state index is -0.994. The smallest absolute Gasteiger partial charge is 0.323 e. The summed E-state index contributed by atoms with van der Waals surface area (Å²) in [6, 6.07) is 3.38. The van der Waals surface area contributed by atoms with Crippen molar-refractivity contribution in [2.75, 3.05) is 13.1 Å². The Labute approximate surface area is 265 Å².